The van der Waals surface area contributed by atoms with Gasteiger partial charge in [0.05, 0.1) is 6.61 Å². The molecule has 0 heterocycles. The minimum absolute atomic E-state index is 0.00496. The molecule has 14 heavy (non-hydrogen) atoms. The van der Waals surface area contributed by atoms with Crippen LogP contribution in [0.15, 0.2) is 0 Å². The standard InChI is InChI=1S/C9H18O5/c1-7(6-13-2)8(9(11)12)14-5-3-4-10/h7-8,10H,3-6H2,1-2H3,(H,11,12). The van der Waals surface area contributed by atoms with Gasteiger partial charge in [-0.2, -0.15) is 0 Å². The Hall–Kier alpha value is -0.650. The summed E-state index contributed by atoms with van der Waals surface area (Å²) in [6.07, 6.45) is -0.412. The number of methoxy groups -OCH3 is 1. The lowest BCUT2D eigenvalue weighted by Crippen LogP contribution is -2.33. The highest BCUT2D eigenvalue weighted by molar-refractivity contribution is 5.72. The number of hydrogen-bond acceptors (Lipinski definition) is 4. The molecule has 84 valence electrons. The molecular weight excluding hydrogens is 188 g/mol. The van der Waals surface area contributed by atoms with Gasteiger partial charge in [0.15, 0.2) is 6.10 Å². The van der Waals surface area contributed by atoms with E-state index in [1.807, 2.05) is 0 Å². The fourth-order valence-electron chi connectivity index (χ4n) is 1.10. The summed E-state index contributed by atoms with van der Waals surface area (Å²) in [5.41, 5.74) is 0. The number of ether oxygens (including phenoxy) is 2. The third-order valence-electron chi connectivity index (χ3n) is 1.79. The zero-order valence-electron chi connectivity index (χ0n) is 8.60. The minimum atomic E-state index is -0.993. The van der Waals surface area contributed by atoms with Crippen LogP contribution in [0.1, 0.15) is 13.3 Å². The average molecular weight is 206 g/mol. The number of aliphatic hydroxyl groups excluding tert-OH is 1. The van der Waals surface area contributed by atoms with Gasteiger partial charge in [-0.15, -0.1) is 0 Å². The molecule has 0 saturated carbocycles. The van der Waals surface area contributed by atoms with Crippen LogP contribution in [0.4, 0.5) is 0 Å². The van der Waals surface area contributed by atoms with Crippen LogP contribution in [0.25, 0.3) is 0 Å². The first-order valence-corrected chi connectivity index (χ1v) is 4.57. The molecule has 0 saturated heterocycles. The molecule has 0 rings (SSSR count). The van der Waals surface area contributed by atoms with E-state index in [1.54, 1.807) is 6.92 Å². The molecule has 2 unspecified atom stereocenters. The van der Waals surface area contributed by atoms with Gasteiger partial charge in [0, 0.05) is 26.2 Å². The fraction of sp³-hybridized carbons (Fsp3) is 0.889. The summed E-state index contributed by atoms with van der Waals surface area (Å²) in [4.78, 5) is 10.8. The largest absolute Gasteiger partial charge is 0.479 e. The van der Waals surface area contributed by atoms with Crippen LogP contribution >= 0.6 is 0 Å². The van der Waals surface area contributed by atoms with Crippen molar-refractivity contribution in [3.63, 3.8) is 0 Å². The van der Waals surface area contributed by atoms with Crippen molar-refractivity contribution in [1.82, 2.24) is 0 Å². The molecule has 0 aliphatic carbocycles. The first-order valence-electron chi connectivity index (χ1n) is 4.57. The molecule has 0 radical (unpaired) electrons. The minimum Gasteiger partial charge on any atom is -0.479 e. The van der Waals surface area contributed by atoms with Gasteiger partial charge < -0.3 is 19.7 Å². The maximum absolute atomic E-state index is 10.8. The molecule has 0 aliphatic heterocycles. The van der Waals surface area contributed by atoms with Crippen LogP contribution in [-0.4, -0.2) is 49.2 Å². The predicted octanol–water partition coefficient (Wildman–Crippen LogP) is 0.121. The summed E-state index contributed by atoms with van der Waals surface area (Å²) in [5.74, 6) is -1.19. The number of carboxylic acids is 1. The lowest BCUT2D eigenvalue weighted by Gasteiger charge is -2.19. The van der Waals surface area contributed by atoms with E-state index in [9.17, 15) is 4.79 Å². The number of carboxylic acid groups (broad SMARTS) is 1. The van der Waals surface area contributed by atoms with Gasteiger partial charge in [-0.1, -0.05) is 6.92 Å². The van der Waals surface area contributed by atoms with Crippen molar-refractivity contribution in [2.75, 3.05) is 26.9 Å². The summed E-state index contributed by atoms with van der Waals surface area (Å²) in [7, 11) is 1.52. The summed E-state index contributed by atoms with van der Waals surface area (Å²) < 4.78 is 9.97. The number of rotatable bonds is 8. The number of aliphatic hydroxyl groups is 1. The Kier molecular flexibility index (Phi) is 7.37. The fourth-order valence-corrected chi connectivity index (χ4v) is 1.10. The third kappa shape index (κ3) is 5.16. The maximum Gasteiger partial charge on any atom is 0.333 e. The van der Waals surface area contributed by atoms with E-state index in [1.165, 1.54) is 7.11 Å². The maximum atomic E-state index is 10.8. The van der Waals surface area contributed by atoms with Gasteiger partial charge >= 0.3 is 5.97 Å². The molecule has 0 aliphatic rings. The van der Waals surface area contributed by atoms with E-state index in [2.05, 4.69) is 0 Å². The normalized spacial score (nSPS) is 15.1. The molecule has 0 fully saturated rings. The lowest BCUT2D eigenvalue weighted by molar-refractivity contribution is -0.155. The summed E-state index contributed by atoms with van der Waals surface area (Å²) in [6, 6.07) is 0. The van der Waals surface area contributed by atoms with Crippen molar-refractivity contribution in [2.45, 2.75) is 19.4 Å². The van der Waals surface area contributed by atoms with Crippen LogP contribution < -0.4 is 0 Å². The quantitative estimate of drug-likeness (QED) is 0.552. The van der Waals surface area contributed by atoms with E-state index < -0.39 is 12.1 Å². The van der Waals surface area contributed by atoms with E-state index in [0.29, 0.717) is 13.0 Å². The molecule has 5 nitrogen and oxygen atoms in total. The zero-order chi connectivity index (χ0) is 11.0. The Morgan fingerprint density at radius 3 is 2.57 bits per heavy atom. The van der Waals surface area contributed by atoms with Crippen molar-refractivity contribution in [3.8, 4) is 0 Å². The van der Waals surface area contributed by atoms with E-state index >= 15 is 0 Å². The van der Waals surface area contributed by atoms with Crippen LogP contribution in [-0.2, 0) is 14.3 Å². The van der Waals surface area contributed by atoms with Crippen LogP contribution in [0.2, 0.25) is 0 Å². The zero-order valence-corrected chi connectivity index (χ0v) is 8.60. The second kappa shape index (κ2) is 7.73. The molecule has 0 bridgehead atoms. The van der Waals surface area contributed by atoms with Crippen molar-refractivity contribution in [3.05, 3.63) is 0 Å². The monoisotopic (exact) mass is 206 g/mol. The Bertz CT molecular complexity index is 159. The summed E-state index contributed by atoms with van der Waals surface area (Å²) in [6.45, 7) is 2.35. The molecule has 0 aromatic rings. The van der Waals surface area contributed by atoms with Gasteiger partial charge in [-0.25, -0.2) is 4.79 Å². The lowest BCUT2D eigenvalue weighted by atomic mass is 10.1. The van der Waals surface area contributed by atoms with Gasteiger partial charge in [0.1, 0.15) is 0 Å². The Balaban J connectivity index is 3.94. The van der Waals surface area contributed by atoms with E-state index in [-0.39, 0.29) is 19.1 Å². The first kappa shape index (κ1) is 13.4. The van der Waals surface area contributed by atoms with Crippen molar-refractivity contribution < 1.29 is 24.5 Å². The Labute approximate surface area is 83.6 Å². The summed E-state index contributed by atoms with van der Waals surface area (Å²) in [5, 5.41) is 17.3. The molecule has 5 heteroatoms. The number of aliphatic carboxylic acids is 1. The SMILES string of the molecule is COCC(C)C(OCCCO)C(=O)O. The molecule has 0 aromatic carbocycles. The van der Waals surface area contributed by atoms with Crippen molar-refractivity contribution in [2.24, 2.45) is 5.92 Å². The van der Waals surface area contributed by atoms with Gasteiger partial charge in [0.2, 0.25) is 0 Å². The van der Waals surface area contributed by atoms with Crippen LogP contribution in [0.5, 0.6) is 0 Å². The molecule has 2 atom stereocenters. The topological polar surface area (TPSA) is 76.0 Å². The second-order valence-electron chi connectivity index (χ2n) is 3.14. The van der Waals surface area contributed by atoms with Gasteiger partial charge in [-0.3, -0.25) is 0 Å². The highest BCUT2D eigenvalue weighted by atomic mass is 16.5. The Morgan fingerprint density at radius 1 is 1.50 bits per heavy atom. The van der Waals surface area contributed by atoms with E-state index in [4.69, 9.17) is 19.7 Å². The first-order chi connectivity index (χ1) is 6.63. The highest BCUT2D eigenvalue weighted by Gasteiger charge is 2.25. The summed E-state index contributed by atoms with van der Waals surface area (Å²) >= 11 is 0. The molecule has 2 N–H and O–H groups in total. The highest BCUT2D eigenvalue weighted by Crippen LogP contribution is 2.08. The average Bonchev–Trinajstić information content (AvgIpc) is 2.12. The number of carbonyl (C=O) groups is 1. The smallest absolute Gasteiger partial charge is 0.333 e. The molecule has 0 amide bonds. The molecule has 0 aromatic heterocycles. The van der Waals surface area contributed by atoms with Crippen LogP contribution in [0, 0.1) is 5.92 Å². The Morgan fingerprint density at radius 2 is 2.14 bits per heavy atom. The van der Waals surface area contributed by atoms with Gasteiger partial charge in [0.25, 0.3) is 0 Å². The van der Waals surface area contributed by atoms with Crippen molar-refractivity contribution >= 4 is 5.97 Å². The third-order valence-corrected chi connectivity index (χ3v) is 1.79. The van der Waals surface area contributed by atoms with Gasteiger partial charge in [-0.05, 0) is 6.42 Å². The second-order valence-corrected chi connectivity index (χ2v) is 3.14. The van der Waals surface area contributed by atoms with E-state index in [0.717, 1.165) is 0 Å². The number of hydrogen-bond donors (Lipinski definition) is 2. The molecular formula is C9H18O5. The predicted molar refractivity (Wildman–Crippen MR) is 50.1 cm³/mol. The molecule has 0 spiro atoms. The van der Waals surface area contributed by atoms with Crippen molar-refractivity contribution in [1.29, 1.82) is 0 Å². The van der Waals surface area contributed by atoms with Crippen LogP contribution in [0.3, 0.4) is 0 Å².